The number of pyridine rings is 1. The fourth-order valence-corrected chi connectivity index (χ4v) is 2.09. The second-order valence-corrected chi connectivity index (χ2v) is 4.46. The Hall–Kier alpha value is -1.42. The molecule has 1 aromatic heterocycles. The molecule has 1 saturated heterocycles. The van der Waals surface area contributed by atoms with Crippen molar-refractivity contribution in [2.45, 2.75) is 19.9 Å². The molecule has 0 atom stereocenters. The van der Waals surface area contributed by atoms with Crippen molar-refractivity contribution in [1.29, 1.82) is 0 Å². The van der Waals surface area contributed by atoms with Crippen LogP contribution in [0.1, 0.15) is 17.5 Å². The standard InChI is InChI=1S/C12H16N2O2/c1-9-2-3-13-5-11(9)8-14-6-10(7-14)4-12(15)16/h2-3,5,10H,4,6-8H2,1H3,(H,15,16). The van der Waals surface area contributed by atoms with Gasteiger partial charge in [-0.1, -0.05) is 0 Å². The van der Waals surface area contributed by atoms with Crippen molar-refractivity contribution < 1.29 is 9.90 Å². The number of nitrogens with zero attached hydrogens (tertiary/aromatic N) is 2. The van der Waals surface area contributed by atoms with Crippen LogP contribution in [0.3, 0.4) is 0 Å². The molecule has 86 valence electrons. The van der Waals surface area contributed by atoms with Crippen molar-refractivity contribution in [3.05, 3.63) is 29.6 Å². The number of aromatic nitrogens is 1. The van der Waals surface area contributed by atoms with E-state index in [0.717, 1.165) is 19.6 Å². The van der Waals surface area contributed by atoms with Gasteiger partial charge in [0.05, 0.1) is 6.42 Å². The SMILES string of the molecule is Cc1ccncc1CN1CC(CC(=O)O)C1. The van der Waals surface area contributed by atoms with E-state index in [4.69, 9.17) is 5.11 Å². The smallest absolute Gasteiger partial charge is 0.303 e. The van der Waals surface area contributed by atoms with Gasteiger partial charge in [0.15, 0.2) is 0 Å². The number of aliphatic carboxylic acids is 1. The summed E-state index contributed by atoms with van der Waals surface area (Å²) in [5.41, 5.74) is 2.48. The second kappa shape index (κ2) is 4.61. The van der Waals surface area contributed by atoms with Gasteiger partial charge in [0.2, 0.25) is 0 Å². The number of carbonyl (C=O) groups is 1. The van der Waals surface area contributed by atoms with Crippen LogP contribution in [0.15, 0.2) is 18.5 Å². The predicted molar refractivity (Wildman–Crippen MR) is 60.0 cm³/mol. The van der Waals surface area contributed by atoms with Crippen LogP contribution in [0, 0.1) is 12.8 Å². The lowest BCUT2D eigenvalue weighted by atomic mass is 9.95. The minimum absolute atomic E-state index is 0.294. The Morgan fingerprint density at radius 1 is 1.62 bits per heavy atom. The van der Waals surface area contributed by atoms with Gasteiger partial charge in [0.1, 0.15) is 0 Å². The predicted octanol–water partition coefficient (Wildman–Crippen LogP) is 1.30. The molecule has 0 radical (unpaired) electrons. The summed E-state index contributed by atoms with van der Waals surface area (Å²) in [6, 6.07) is 2.00. The van der Waals surface area contributed by atoms with E-state index >= 15 is 0 Å². The molecule has 0 saturated carbocycles. The molecule has 0 bridgehead atoms. The number of rotatable bonds is 4. The Kier molecular flexibility index (Phi) is 3.19. The van der Waals surface area contributed by atoms with E-state index in [0.29, 0.717) is 12.3 Å². The maximum Gasteiger partial charge on any atom is 0.303 e. The Bertz CT molecular complexity index is 386. The highest BCUT2D eigenvalue weighted by atomic mass is 16.4. The maximum absolute atomic E-state index is 10.5. The van der Waals surface area contributed by atoms with E-state index in [9.17, 15) is 4.79 Å². The Morgan fingerprint density at radius 2 is 2.38 bits per heavy atom. The van der Waals surface area contributed by atoms with Crippen LogP contribution in [0.5, 0.6) is 0 Å². The molecule has 0 aliphatic carbocycles. The summed E-state index contributed by atoms with van der Waals surface area (Å²) in [5.74, 6) is -0.364. The van der Waals surface area contributed by atoms with Crippen LogP contribution in [0.2, 0.25) is 0 Å². The van der Waals surface area contributed by atoms with Crippen molar-refractivity contribution in [3.63, 3.8) is 0 Å². The lowest BCUT2D eigenvalue weighted by molar-refractivity contribution is -0.139. The summed E-state index contributed by atoms with van der Waals surface area (Å²) in [6.45, 7) is 4.74. The summed E-state index contributed by atoms with van der Waals surface area (Å²) < 4.78 is 0. The number of carboxylic acids is 1. The summed E-state index contributed by atoms with van der Waals surface area (Å²) >= 11 is 0. The topological polar surface area (TPSA) is 53.4 Å². The van der Waals surface area contributed by atoms with Gasteiger partial charge >= 0.3 is 5.97 Å². The van der Waals surface area contributed by atoms with Gasteiger partial charge in [-0.2, -0.15) is 0 Å². The van der Waals surface area contributed by atoms with Crippen LogP contribution in [0.4, 0.5) is 0 Å². The van der Waals surface area contributed by atoms with Crippen LogP contribution in [-0.4, -0.2) is 34.0 Å². The van der Waals surface area contributed by atoms with E-state index in [1.807, 2.05) is 12.3 Å². The average Bonchev–Trinajstić information content (AvgIpc) is 2.17. The highest BCUT2D eigenvalue weighted by Crippen LogP contribution is 2.22. The quantitative estimate of drug-likeness (QED) is 0.831. The molecule has 0 aromatic carbocycles. The van der Waals surface area contributed by atoms with E-state index in [2.05, 4.69) is 16.8 Å². The molecule has 16 heavy (non-hydrogen) atoms. The van der Waals surface area contributed by atoms with Gasteiger partial charge in [0.25, 0.3) is 0 Å². The molecule has 1 aromatic rings. The molecular weight excluding hydrogens is 204 g/mol. The Morgan fingerprint density at radius 3 is 3.00 bits per heavy atom. The lowest BCUT2D eigenvalue weighted by Gasteiger charge is -2.38. The van der Waals surface area contributed by atoms with Crippen LogP contribution in [-0.2, 0) is 11.3 Å². The number of carboxylic acid groups (broad SMARTS) is 1. The number of aryl methyl sites for hydroxylation is 1. The molecule has 4 heteroatoms. The molecule has 0 amide bonds. The van der Waals surface area contributed by atoms with Gasteiger partial charge in [0, 0.05) is 32.0 Å². The molecule has 1 aliphatic heterocycles. The number of hydrogen-bond donors (Lipinski definition) is 1. The molecule has 1 N–H and O–H groups in total. The van der Waals surface area contributed by atoms with Gasteiger partial charge < -0.3 is 5.11 Å². The summed E-state index contributed by atoms with van der Waals surface area (Å²) in [4.78, 5) is 16.9. The average molecular weight is 220 g/mol. The first kappa shape index (κ1) is 11.1. The first-order chi connectivity index (χ1) is 7.65. The van der Waals surface area contributed by atoms with Crippen LogP contribution in [0.25, 0.3) is 0 Å². The molecule has 2 rings (SSSR count). The van der Waals surface area contributed by atoms with Crippen molar-refractivity contribution in [2.24, 2.45) is 5.92 Å². The zero-order valence-electron chi connectivity index (χ0n) is 9.39. The third-order valence-corrected chi connectivity index (χ3v) is 3.04. The molecule has 4 nitrogen and oxygen atoms in total. The molecule has 2 heterocycles. The minimum atomic E-state index is -0.692. The lowest BCUT2D eigenvalue weighted by Crippen LogP contribution is -2.46. The fraction of sp³-hybridized carbons (Fsp3) is 0.500. The number of likely N-dealkylation sites (tertiary alicyclic amines) is 1. The summed E-state index contributed by atoms with van der Waals surface area (Å²) in [6.07, 6.45) is 3.98. The molecule has 0 spiro atoms. The molecular formula is C12H16N2O2. The van der Waals surface area contributed by atoms with E-state index in [-0.39, 0.29) is 0 Å². The monoisotopic (exact) mass is 220 g/mol. The van der Waals surface area contributed by atoms with Gasteiger partial charge in [-0.25, -0.2) is 0 Å². The third kappa shape index (κ3) is 2.58. The van der Waals surface area contributed by atoms with Gasteiger partial charge in [-0.3, -0.25) is 14.7 Å². The first-order valence-corrected chi connectivity index (χ1v) is 5.49. The summed E-state index contributed by atoms with van der Waals surface area (Å²) in [7, 11) is 0. The number of hydrogen-bond acceptors (Lipinski definition) is 3. The molecule has 0 unspecified atom stereocenters. The van der Waals surface area contributed by atoms with Crippen molar-refractivity contribution >= 4 is 5.97 Å². The van der Waals surface area contributed by atoms with Gasteiger partial charge in [-0.05, 0) is 30.0 Å². The highest BCUT2D eigenvalue weighted by Gasteiger charge is 2.28. The molecule has 1 aliphatic rings. The minimum Gasteiger partial charge on any atom is -0.481 e. The normalized spacial score (nSPS) is 17.1. The van der Waals surface area contributed by atoms with Crippen LogP contribution >= 0.6 is 0 Å². The van der Waals surface area contributed by atoms with E-state index in [1.165, 1.54) is 11.1 Å². The van der Waals surface area contributed by atoms with Gasteiger partial charge in [-0.15, -0.1) is 0 Å². The first-order valence-electron chi connectivity index (χ1n) is 5.49. The van der Waals surface area contributed by atoms with Crippen molar-refractivity contribution in [3.8, 4) is 0 Å². The summed E-state index contributed by atoms with van der Waals surface area (Å²) in [5, 5.41) is 8.64. The maximum atomic E-state index is 10.5. The zero-order chi connectivity index (χ0) is 11.5. The van der Waals surface area contributed by atoms with Crippen molar-refractivity contribution in [1.82, 2.24) is 9.88 Å². The fourth-order valence-electron chi connectivity index (χ4n) is 2.09. The second-order valence-electron chi connectivity index (χ2n) is 4.46. The third-order valence-electron chi connectivity index (χ3n) is 3.04. The van der Waals surface area contributed by atoms with E-state index < -0.39 is 5.97 Å². The van der Waals surface area contributed by atoms with Crippen LogP contribution < -0.4 is 0 Å². The zero-order valence-corrected chi connectivity index (χ0v) is 9.39. The molecule has 1 fully saturated rings. The largest absolute Gasteiger partial charge is 0.481 e. The van der Waals surface area contributed by atoms with Crippen molar-refractivity contribution in [2.75, 3.05) is 13.1 Å². The van der Waals surface area contributed by atoms with E-state index in [1.54, 1.807) is 6.20 Å². The Labute approximate surface area is 94.9 Å². The Balaban J connectivity index is 1.82. The highest BCUT2D eigenvalue weighted by molar-refractivity contribution is 5.67.